The second-order valence-electron chi connectivity index (χ2n) is 34.3. The maximum atomic E-state index is 5.96. The van der Waals surface area contributed by atoms with Crippen molar-refractivity contribution < 1.29 is 85.3 Å². The highest BCUT2D eigenvalue weighted by molar-refractivity contribution is 4.80. The van der Waals surface area contributed by atoms with Gasteiger partial charge in [-0.05, 0) is 184 Å². The van der Waals surface area contributed by atoms with Crippen molar-refractivity contribution in [3.63, 3.8) is 0 Å². The predicted octanol–water partition coefficient (Wildman–Crippen LogP) is 14.3. The van der Waals surface area contributed by atoms with E-state index in [9.17, 15) is 0 Å². The van der Waals surface area contributed by atoms with E-state index in [1.807, 2.05) is 118 Å². The maximum Gasteiger partial charge on any atom is 0.162 e. The van der Waals surface area contributed by atoms with E-state index in [0.29, 0.717) is 124 Å². The summed E-state index contributed by atoms with van der Waals surface area (Å²) in [6.45, 7) is 84.7. The number of hydrogen-bond acceptors (Lipinski definition) is 27. The Balaban J connectivity index is -0.000000153. The first-order valence-electron chi connectivity index (χ1n) is 42.3. The molecule has 0 radical (unpaired) electrons. The molecule has 0 aromatic heterocycles. The zero-order valence-electron chi connectivity index (χ0n) is 80.0. The minimum atomic E-state index is -0.518. The summed E-state index contributed by atoms with van der Waals surface area (Å²) in [5, 5.41) is 0. The van der Waals surface area contributed by atoms with Crippen molar-refractivity contribution >= 4 is 0 Å². The van der Waals surface area contributed by atoms with Gasteiger partial charge < -0.3 is 137 Å². The van der Waals surface area contributed by atoms with Gasteiger partial charge in [-0.1, -0.05) is 144 Å². The predicted molar refractivity (Wildman–Crippen MR) is 467 cm³/mol. The molecular formula is C85H197N9O18. The van der Waals surface area contributed by atoms with Crippen LogP contribution in [0.1, 0.15) is 294 Å². The molecule has 15 unspecified atom stereocenters. The van der Waals surface area contributed by atoms with E-state index in [1.165, 1.54) is 0 Å². The van der Waals surface area contributed by atoms with E-state index < -0.39 is 5.79 Å². The summed E-state index contributed by atoms with van der Waals surface area (Å²) in [6.07, 6.45) is 7.50. The minimum Gasteiger partial charge on any atom is -0.355 e. The smallest absolute Gasteiger partial charge is 0.162 e. The van der Waals surface area contributed by atoms with Gasteiger partial charge in [-0.2, -0.15) is 0 Å². The summed E-state index contributed by atoms with van der Waals surface area (Å²) in [7, 11) is 0. The molecule has 0 rings (SSSR count). The fraction of sp³-hybridized carbons (Fsp3) is 1.00. The largest absolute Gasteiger partial charge is 0.355 e. The molecular weight excluding hydrogens is 1430 g/mol. The van der Waals surface area contributed by atoms with Gasteiger partial charge in [0.2, 0.25) is 0 Å². The number of ether oxygens (including phenoxy) is 18. The first-order chi connectivity index (χ1) is 51.6. The van der Waals surface area contributed by atoms with Gasteiger partial charge >= 0.3 is 0 Å². The van der Waals surface area contributed by atoms with Crippen molar-refractivity contribution in [3.05, 3.63) is 0 Å². The van der Waals surface area contributed by atoms with Gasteiger partial charge in [0.25, 0.3) is 0 Å². The molecule has 0 aliphatic rings. The van der Waals surface area contributed by atoms with Crippen LogP contribution in [0.25, 0.3) is 0 Å². The summed E-state index contributed by atoms with van der Waals surface area (Å²) in [4.78, 5) is 0. The van der Waals surface area contributed by atoms with Crippen LogP contribution < -0.4 is 51.6 Å². The molecule has 0 amide bonds. The molecule has 0 bridgehead atoms. The van der Waals surface area contributed by atoms with Gasteiger partial charge in [0.1, 0.15) is 34.0 Å². The van der Waals surface area contributed by atoms with Crippen LogP contribution in [0.3, 0.4) is 0 Å². The summed E-state index contributed by atoms with van der Waals surface area (Å²) in [5.74, 6) is 1.78. The Hall–Kier alpha value is -1.08. The highest BCUT2D eigenvalue weighted by atomic mass is 16.7. The van der Waals surface area contributed by atoms with Crippen LogP contribution in [0.15, 0.2) is 0 Å². The van der Waals surface area contributed by atoms with Crippen LogP contribution in [-0.2, 0) is 85.3 Å². The van der Waals surface area contributed by atoms with Gasteiger partial charge in [0.05, 0.1) is 109 Å². The molecule has 0 aromatic carbocycles. The van der Waals surface area contributed by atoms with Gasteiger partial charge in [-0.3, -0.25) is 0 Å². The van der Waals surface area contributed by atoms with Crippen molar-refractivity contribution in [2.45, 2.75) is 391 Å². The quantitative estimate of drug-likeness (QED) is 0.0202. The second-order valence-corrected chi connectivity index (χ2v) is 34.3. The molecule has 27 nitrogen and oxygen atoms in total. The number of rotatable bonds is 56. The van der Waals surface area contributed by atoms with Crippen molar-refractivity contribution in [2.75, 3.05) is 133 Å². The average Bonchev–Trinajstić information content (AvgIpc) is 0.877. The normalized spacial score (nSPS) is 15.9. The lowest BCUT2D eigenvalue weighted by molar-refractivity contribution is -0.220. The molecule has 27 heteroatoms. The van der Waals surface area contributed by atoms with Crippen molar-refractivity contribution in [2.24, 2.45) is 86.1 Å². The first-order valence-corrected chi connectivity index (χ1v) is 42.3. The number of hydrogen-bond donors (Lipinski definition) is 9. The van der Waals surface area contributed by atoms with E-state index in [0.717, 1.165) is 78.0 Å². The van der Waals surface area contributed by atoms with E-state index >= 15 is 0 Å². The highest BCUT2D eigenvalue weighted by Gasteiger charge is 2.28. The summed E-state index contributed by atoms with van der Waals surface area (Å²) in [6, 6.07) is 0.427. The van der Waals surface area contributed by atoms with Crippen LogP contribution in [-0.4, -0.2) is 229 Å². The SMILES string of the molecule is CC(C)(C)COCOCC(C)(C)N.CC(C)COC(C)OCC(C)N.CC(C)COCOCC(C)N.CC(OC(C)C(C)(C)C)OC(C)C(C)(C)N.CCC(C)COC(C)(C)OCC(N)CC.CCC(C)COCOCC(N)CC.CCC(C)OC(C)OC(C)CN.CCC(C)OCOC(C)CN.CCCOCOCCN. The molecule has 0 fully saturated rings. The van der Waals surface area contributed by atoms with E-state index in [-0.39, 0.29) is 102 Å². The third kappa shape index (κ3) is 120. The third-order valence-corrected chi connectivity index (χ3v) is 15.3. The van der Waals surface area contributed by atoms with Crippen LogP contribution in [0, 0.1) is 34.5 Å². The molecule has 112 heavy (non-hydrogen) atoms. The van der Waals surface area contributed by atoms with Gasteiger partial charge in [0, 0.05) is 61.5 Å². The van der Waals surface area contributed by atoms with Crippen LogP contribution >= 0.6 is 0 Å². The molecule has 0 heterocycles. The Labute approximate surface area is 692 Å². The summed E-state index contributed by atoms with van der Waals surface area (Å²) < 4.78 is 96.3. The van der Waals surface area contributed by atoms with E-state index in [1.54, 1.807) is 0 Å². The second kappa shape index (κ2) is 83.6. The Morgan fingerprint density at radius 2 is 0.723 bits per heavy atom. The standard InChI is InChI=1S/C13H29NO2.C12H27NO2.2C10H23NO2.2C9H21NO2.2C8H19NO2.C6H15NO2/c1-9(12(4,5)6)15-11(3)16-10(2)13(7,8)14;1-6-10(3)8-14-12(4,5)15-9-11(13)7-2;1-9(2,3)6-12-8-13-7-10(4,5)11;1-4-9(3)6-12-8-13-7-10(11)5-2;1-7(2)5-11-9(4)12-6-8(3)10;1-5-7(2)11-9(4)12-8(3)6-10;1-7(2)4-10-6-11-5-8(3)9;1-4-7(2)10-6-11-8(3)5-9;1-2-4-8-6-9-5-3-7/h9-11H,14H2,1-8H3;10-11H,6-9,13H2,1-5H3;6-8,11H2,1-5H3;9-10H,4-8,11H2,1-3H3;2*7-9H,5-6,10H2,1-4H3;2*7-8H,4-6,9H2,1-3H3;2-7H2,1H3. The van der Waals surface area contributed by atoms with Crippen molar-refractivity contribution in [3.8, 4) is 0 Å². The van der Waals surface area contributed by atoms with Crippen molar-refractivity contribution in [1.29, 1.82) is 0 Å². The third-order valence-electron chi connectivity index (χ3n) is 15.3. The average molecular weight is 1630 g/mol. The minimum absolute atomic E-state index is 0.0327. The molecule has 0 aliphatic heterocycles. The maximum absolute atomic E-state index is 5.96. The Morgan fingerprint density at radius 3 is 1.15 bits per heavy atom. The first kappa shape index (κ1) is 129. The lowest BCUT2D eigenvalue weighted by Crippen LogP contribution is -2.47. The molecule has 18 N–H and O–H groups in total. The van der Waals surface area contributed by atoms with Crippen LogP contribution in [0.4, 0.5) is 0 Å². The fourth-order valence-corrected chi connectivity index (χ4v) is 6.31. The zero-order chi connectivity index (χ0) is 89.1. The van der Waals surface area contributed by atoms with Crippen LogP contribution in [0.2, 0.25) is 0 Å². The van der Waals surface area contributed by atoms with E-state index in [2.05, 4.69) is 132 Å². The van der Waals surface area contributed by atoms with Crippen LogP contribution in [0.5, 0.6) is 0 Å². The molecule has 0 saturated carbocycles. The lowest BCUT2D eigenvalue weighted by atomic mass is 9.90. The Bertz CT molecular complexity index is 1710. The highest BCUT2D eigenvalue weighted by Crippen LogP contribution is 2.24. The molecule has 690 valence electrons. The molecule has 15 atom stereocenters. The molecule has 0 aliphatic carbocycles. The molecule has 0 saturated heterocycles. The molecule has 0 aromatic rings. The Morgan fingerprint density at radius 1 is 0.321 bits per heavy atom. The lowest BCUT2D eigenvalue weighted by Gasteiger charge is -2.34. The monoisotopic (exact) mass is 1630 g/mol. The Kier molecular flexibility index (Phi) is 96.3. The fourth-order valence-electron chi connectivity index (χ4n) is 6.31. The summed E-state index contributed by atoms with van der Waals surface area (Å²) >= 11 is 0. The van der Waals surface area contributed by atoms with Crippen molar-refractivity contribution in [1.82, 2.24) is 0 Å². The number of nitrogens with two attached hydrogens (primary N) is 9. The molecule has 0 spiro atoms. The van der Waals surface area contributed by atoms with Gasteiger partial charge in [0.15, 0.2) is 24.7 Å². The topological polar surface area (TPSA) is 400 Å². The summed E-state index contributed by atoms with van der Waals surface area (Å²) in [5.41, 5.74) is 49.7. The van der Waals surface area contributed by atoms with Gasteiger partial charge in [-0.25, -0.2) is 0 Å². The van der Waals surface area contributed by atoms with Gasteiger partial charge in [-0.15, -0.1) is 0 Å². The zero-order valence-corrected chi connectivity index (χ0v) is 80.0. The van der Waals surface area contributed by atoms with E-state index in [4.69, 9.17) is 137 Å².